The summed E-state index contributed by atoms with van der Waals surface area (Å²) in [5.74, 6) is 0.233. The van der Waals surface area contributed by atoms with E-state index in [1.54, 1.807) is 24.3 Å². The normalized spacial score (nSPS) is 10.5. The summed E-state index contributed by atoms with van der Waals surface area (Å²) < 4.78 is 11.3. The Kier molecular flexibility index (Phi) is 7.73. The number of hydrogen-bond donors (Lipinski definition) is 2. The van der Waals surface area contributed by atoms with E-state index in [1.165, 1.54) is 6.08 Å². The fraction of sp³-hybridized carbons (Fsp3) is 0.278. The first-order chi connectivity index (χ1) is 12.0. The van der Waals surface area contributed by atoms with Crippen LogP contribution in [-0.2, 0) is 11.2 Å². The molecule has 7 heteroatoms. The van der Waals surface area contributed by atoms with Crippen molar-refractivity contribution >= 4 is 18.0 Å². The molecule has 0 aliphatic heterocycles. The number of urea groups is 1. The second-order valence-corrected chi connectivity index (χ2v) is 4.85. The van der Waals surface area contributed by atoms with Gasteiger partial charge in [-0.05, 0) is 44.0 Å². The van der Waals surface area contributed by atoms with Crippen molar-refractivity contribution in [3.05, 3.63) is 41.5 Å². The lowest BCUT2D eigenvalue weighted by atomic mass is 10.0. The molecule has 1 rings (SSSR count). The molecule has 7 nitrogen and oxygen atoms in total. The molecule has 0 radical (unpaired) electrons. The number of carbonyl (C=O) groups excluding carboxylic acids is 2. The number of nitrogens with zero attached hydrogens (tertiary/aromatic N) is 1. The number of benzene rings is 1. The van der Waals surface area contributed by atoms with Gasteiger partial charge in [-0.1, -0.05) is 6.08 Å². The fourth-order valence-corrected chi connectivity index (χ4v) is 2.14. The summed E-state index contributed by atoms with van der Waals surface area (Å²) in [6.45, 7) is 8.31. The summed E-state index contributed by atoms with van der Waals surface area (Å²) in [7, 11) is 0. The van der Waals surface area contributed by atoms with Crippen molar-refractivity contribution in [2.24, 2.45) is 5.73 Å². The number of nitrogens with two attached hydrogens (primary N) is 1. The van der Waals surface area contributed by atoms with Crippen LogP contribution >= 0.6 is 0 Å². The molecule has 3 amide bonds. The standard InChI is InChI=1S/C18H21N3O4/c1-4-7-13-8-12(9-14(11-19)17(22)21-18(20)23)10-15(24-5-2)16(13)25-6-3/h4,8-10H,1,5-7H2,2-3H3,(H3,20,21,22,23)/b14-9-. The third-order valence-electron chi connectivity index (χ3n) is 3.02. The summed E-state index contributed by atoms with van der Waals surface area (Å²) in [5, 5.41) is 11.0. The maximum atomic E-state index is 11.8. The van der Waals surface area contributed by atoms with Gasteiger partial charge in [-0.25, -0.2) is 4.79 Å². The smallest absolute Gasteiger partial charge is 0.319 e. The van der Waals surface area contributed by atoms with Crippen LogP contribution in [0, 0.1) is 11.3 Å². The average Bonchev–Trinajstić information content (AvgIpc) is 2.55. The predicted molar refractivity (Wildman–Crippen MR) is 94.0 cm³/mol. The molecular weight excluding hydrogens is 322 g/mol. The predicted octanol–water partition coefficient (Wildman–Crippen LogP) is 2.31. The molecule has 1 aromatic rings. The van der Waals surface area contributed by atoms with Gasteiger partial charge in [-0.2, -0.15) is 5.26 Å². The highest BCUT2D eigenvalue weighted by molar-refractivity contribution is 6.08. The van der Waals surface area contributed by atoms with E-state index in [9.17, 15) is 9.59 Å². The highest BCUT2D eigenvalue weighted by Crippen LogP contribution is 2.34. The largest absolute Gasteiger partial charge is 0.490 e. The minimum atomic E-state index is -1.03. The molecule has 3 N–H and O–H groups in total. The third kappa shape index (κ3) is 5.70. The molecule has 0 bridgehead atoms. The van der Waals surface area contributed by atoms with Gasteiger partial charge in [0, 0.05) is 5.56 Å². The van der Waals surface area contributed by atoms with Crippen LogP contribution in [0.15, 0.2) is 30.4 Å². The number of rotatable bonds is 8. The Morgan fingerprint density at radius 1 is 1.32 bits per heavy atom. The number of ether oxygens (including phenoxy) is 2. The first-order valence-electron chi connectivity index (χ1n) is 7.72. The molecule has 0 aromatic heterocycles. The average molecular weight is 343 g/mol. The number of hydrogen-bond acceptors (Lipinski definition) is 5. The Balaban J connectivity index is 3.41. The summed E-state index contributed by atoms with van der Waals surface area (Å²) in [6.07, 6.45) is 3.58. The Morgan fingerprint density at radius 2 is 2.00 bits per heavy atom. The number of amides is 3. The van der Waals surface area contributed by atoms with Crippen molar-refractivity contribution in [1.82, 2.24) is 5.32 Å². The number of nitriles is 1. The highest BCUT2D eigenvalue weighted by atomic mass is 16.5. The lowest BCUT2D eigenvalue weighted by Crippen LogP contribution is -2.35. The van der Waals surface area contributed by atoms with Crippen LogP contribution in [0.3, 0.4) is 0 Å². The van der Waals surface area contributed by atoms with Gasteiger partial charge in [0.1, 0.15) is 11.6 Å². The molecule has 0 aliphatic carbocycles. The van der Waals surface area contributed by atoms with E-state index in [-0.39, 0.29) is 5.57 Å². The van der Waals surface area contributed by atoms with Crippen molar-refractivity contribution in [3.63, 3.8) is 0 Å². The molecule has 0 saturated carbocycles. The molecule has 0 fully saturated rings. The monoisotopic (exact) mass is 343 g/mol. The lowest BCUT2D eigenvalue weighted by molar-refractivity contribution is -0.115. The molecule has 25 heavy (non-hydrogen) atoms. The van der Waals surface area contributed by atoms with Gasteiger partial charge in [-0.3, -0.25) is 10.1 Å². The van der Waals surface area contributed by atoms with Gasteiger partial charge in [-0.15, -0.1) is 6.58 Å². The summed E-state index contributed by atoms with van der Waals surface area (Å²) in [4.78, 5) is 22.6. The quantitative estimate of drug-likeness (QED) is 0.427. The lowest BCUT2D eigenvalue weighted by Gasteiger charge is -2.16. The van der Waals surface area contributed by atoms with E-state index in [1.807, 2.05) is 19.2 Å². The number of imide groups is 1. The molecule has 0 atom stereocenters. The number of carbonyl (C=O) groups is 2. The van der Waals surface area contributed by atoms with Gasteiger partial charge in [0.05, 0.1) is 13.2 Å². The van der Waals surface area contributed by atoms with Crippen molar-refractivity contribution in [3.8, 4) is 17.6 Å². The van der Waals surface area contributed by atoms with Gasteiger partial charge >= 0.3 is 6.03 Å². The number of primary amides is 1. The van der Waals surface area contributed by atoms with Gasteiger partial charge in [0.25, 0.3) is 5.91 Å². The SMILES string of the molecule is C=CCc1cc(/C=C(/C#N)C(=O)NC(N)=O)cc(OCC)c1OCC. The maximum Gasteiger partial charge on any atom is 0.319 e. The first-order valence-corrected chi connectivity index (χ1v) is 7.72. The van der Waals surface area contributed by atoms with E-state index < -0.39 is 11.9 Å². The topological polar surface area (TPSA) is 114 Å². The first kappa shape index (κ1) is 19.8. The summed E-state index contributed by atoms with van der Waals surface area (Å²) in [5.41, 5.74) is 6.01. The van der Waals surface area contributed by atoms with Crippen LogP contribution < -0.4 is 20.5 Å². The second-order valence-electron chi connectivity index (χ2n) is 4.85. The van der Waals surface area contributed by atoms with E-state index in [2.05, 4.69) is 6.58 Å². The molecule has 0 heterocycles. The van der Waals surface area contributed by atoms with Crippen molar-refractivity contribution < 1.29 is 19.1 Å². The molecular formula is C18H21N3O4. The minimum Gasteiger partial charge on any atom is -0.490 e. The maximum absolute atomic E-state index is 11.8. The van der Waals surface area contributed by atoms with Crippen LogP contribution in [0.25, 0.3) is 6.08 Å². The molecule has 0 saturated heterocycles. The van der Waals surface area contributed by atoms with Gasteiger partial charge in [0.15, 0.2) is 11.5 Å². The molecule has 0 aliphatic rings. The van der Waals surface area contributed by atoms with Crippen LogP contribution in [0.1, 0.15) is 25.0 Å². The molecule has 0 unspecified atom stereocenters. The summed E-state index contributed by atoms with van der Waals surface area (Å²) in [6, 6.07) is 4.15. The number of nitrogens with one attached hydrogen (secondary N) is 1. The Hall–Kier alpha value is -3.27. The van der Waals surface area contributed by atoms with Crippen molar-refractivity contribution in [2.75, 3.05) is 13.2 Å². The van der Waals surface area contributed by atoms with Crippen LogP contribution in [0.4, 0.5) is 4.79 Å². The zero-order chi connectivity index (χ0) is 18.8. The van der Waals surface area contributed by atoms with Crippen LogP contribution in [0.2, 0.25) is 0 Å². The Morgan fingerprint density at radius 3 is 2.52 bits per heavy atom. The van der Waals surface area contributed by atoms with Crippen molar-refractivity contribution in [1.29, 1.82) is 5.26 Å². The molecule has 132 valence electrons. The van der Waals surface area contributed by atoms with E-state index in [4.69, 9.17) is 20.5 Å². The molecule has 0 spiro atoms. The summed E-state index contributed by atoms with van der Waals surface area (Å²) >= 11 is 0. The van der Waals surface area contributed by atoms with E-state index in [0.717, 1.165) is 5.56 Å². The Bertz CT molecular complexity index is 733. The fourth-order valence-electron chi connectivity index (χ4n) is 2.14. The molecule has 1 aromatic carbocycles. The highest BCUT2D eigenvalue weighted by Gasteiger charge is 2.15. The van der Waals surface area contributed by atoms with E-state index in [0.29, 0.717) is 36.7 Å². The van der Waals surface area contributed by atoms with E-state index >= 15 is 0 Å². The second kappa shape index (κ2) is 9.78. The Labute approximate surface area is 146 Å². The number of allylic oxidation sites excluding steroid dienone is 1. The van der Waals surface area contributed by atoms with Crippen molar-refractivity contribution in [2.45, 2.75) is 20.3 Å². The van der Waals surface area contributed by atoms with Crippen LogP contribution in [-0.4, -0.2) is 25.2 Å². The third-order valence-corrected chi connectivity index (χ3v) is 3.02. The minimum absolute atomic E-state index is 0.255. The van der Waals surface area contributed by atoms with Crippen LogP contribution in [0.5, 0.6) is 11.5 Å². The zero-order valence-electron chi connectivity index (χ0n) is 14.3. The zero-order valence-corrected chi connectivity index (χ0v) is 14.3. The van der Waals surface area contributed by atoms with Gasteiger partial charge < -0.3 is 15.2 Å². The van der Waals surface area contributed by atoms with Gasteiger partial charge in [0.2, 0.25) is 0 Å².